The summed E-state index contributed by atoms with van der Waals surface area (Å²) in [5, 5.41) is 5.27. The Morgan fingerprint density at radius 3 is 2.67 bits per heavy atom. The van der Waals surface area contributed by atoms with Crippen LogP contribution in [0.4, 0.5) is 4.79 Å². The highest BCUT2D eigenvalue weighted by molar-refractivity contribution is 5.98. The van der Waals surface area contributed by atoms with E-state index >= 15 is 0 Å². The topological polar surface area (TPSA) is 79.0 Å². The second-order valence-corrected chi connectivity index (χ2v) is 6.38. The molecule has 1 aromatic rings. The van der Waals surface area contributed by atoms with Crippen molar-refractivity contribution in [1.82, 2.24) is 15.3 Å². The molecule has 2 fully saturated rings. The zero-order valence-electron chi connectivity index (χ0n) is 13.8. The SMILES string of the molecule is CC(C)[C@@H]1NC(=O)[C@H]2CCN(C(=O)OCc3ccccc3)N2C1=O. The van der Waals surface area contributed by atoms with E-state index in [4.69, 9.17) is 4.74 Å². The third-order valence-electron chi connectivity index (χ3n) is 4.34. The molecule has 7 heteroatoms. The monoisotopic (exact) mass is 331 g/mol. The molecule has 0 aromatic heterocycles. The first kappa shape index (κ1) is 16.3. The summed E-state index contributed by atoms with van der Waals surface area (Å²) in [4.78, 5) is 37.2. The number of carbonyl (C=O) groups excluding carboxylic acids is 3. The molecule has 0 radical (unpaired) electrons. The molecule has 0 spiro atoms. The number of hydrogen-bond donors (Lipinski definition) is 1. The van der Waals surface area contributed by atoms with Crippen molar-refractivity contribution in [2.24, 2.45) is 5.92 Å². The van der Waals surface area contributed by atoms with Gasteiger partial charge in [-0.15, -0.1) is 0 Å². The highest BCUT2D eigenvalue weighted by atomic mass is 16.6. The number of rotatable bonds is 3. The lowest BCUT2D eigenvalue weighted by Gasteiger charge is -2.39. The first-order chi connectivity index (χ1) is 11.5. The number of hydrogen-bond acceptors (Lipinski definition) is 4. The van der Waals surface area contributed by atoms with Crippen molar-refractivity contribution in [3.8, 4) is 0 Å². The molecule has 0 saturated carbocycles. The maximum atomic E-state index is 12.6. The predicted octanol–water partition coefficient (Wildman–Crippen LogP) is 1.30. The summed E-state index contributed by atoms with van der Waals surface area (Å²) in [5.74, 6) is -0.527. The second-order valence-electron chi connectivity index (χ2n) is 6.38. The van der Waals surface area contributed by atoms with E-state index in [9.17, 15) is 14.4 Å². The van der Waals surface area contributed by atoms with Crippen LogP contribution in [0.3, 0.4) is 0 Å². The van der Waals surface area contributed by atoms with Gasteiger partial charge in [-0.05, 0) is 17.9 Å². The van der Waals surface area contributed by atoms with Gasteiger partial charge < -0.3 is 10.1 Å². The van der Waals surface area contributed by atoms with Crippen LogP contribution in [0, 0.1) is 5.92 Å². The molecule has 2 aliphatic rings. The fourth-order valence-corrected chi connectivity index (χ4v) is 3.04. The first-order valence-electron chi connectivity index (χ1n) is 8.10. The van der Waals surface area contributed by atoms with E-state index in [1.165, 1.54) is 10.0 Å². The average Bonchev–Trinajstić information content (AvgIpc) is 3.02. The van der Waals surface area contributed by atoms with Gasteiger partial charge >= 0.3 is 6.09 Å². The summed E-state index contributed by atoms with van der Waals surface area (Å²) in [6.45, 7) is 4.14. The summed E-state index contributed by atoms with van der Waals surface area (Å²) in [7, 11) is 0. The lowest BCUT2D eigenvalue weighted by molar-refractivity contribution is -0.160. The van der Waals surface area contributed by atoms with Crippen LogP contribution in [0.5, 0.6) is 0 Å². The molecule has 3 rings (SSSR count). The van der Waals surface area contributed by atoms with Crippen molar-refractivity contribution in [3.05, 3.63) is 35.9 Å². The first-order valence-corrected chi connectivity index (χ1v) is 8.10. The summed E-state index contributed by atoms with van der Waals surface area (Å²) in [5.41, 5.74) is 0.865. The van der Waals surface area contributed by atoms with Gasteiger partial charge in [0.15, 0.2) is 0 Å². The number of benzene rings is 1. The largest absolute Gasteiger partial charge is 0.443 e. The Balaban J connectivity index is 1.70. The standard InChI is InChI=1S/C17H21N3O4/c1-11(2)14-16(22)20-13(15(21)18-14)8-9-19(20)17(23)24-10-12-6-4-3-5-7-12/h3-7,11,13-14H,8-10H2,1-2H3,(H,18,21)/t13-,14+/m1/s1. The van der Waals surface area contributed by atoms with Gasteiger partial charge in [-0.25, -0.2) is 14.8 Å². The van der Waals surface area contributed by atoms with Crippen LogP contribution in [-0.2, 0) is 20.9 Å². The zero-order chi connectivity index (χ0) is 17.3. The third kappa shape index (κ3) is 2.93. The van der Waals surface area contributed by atoms with Crippen molar-refractivity contribution >= 4 is 17.9 Å². The van der Waals surface area contributed by atoms with Gasteiger partial charge in [0.05, 0.1) is 0 Å². The molecular weight excluding hydrogens is 310 g/mol. The molecule has 1 aromatic carbocycles. The van der Waals surface area contributed by atoms with Crippen LogP contribution in [0.1, 0.15) is 25.8 Å². The minimum atomic E-state index is -0.628. The third-order valence-corrected chi connectivity index (χ3v) is 4.34. The van der Waals surface area contributed by atoms with Gasteiger partial charge in [0, 0.05) is 6.54 Å². The van der Waals surface area contributed by atoms with Crippen LogP contribution in [0.25, 0.3) is 0 Å². The Morgan fingerprint density at radius 1 is 1.29 bits per heavy atom. The van der Waals surface area contributed by atoms with Gasteiger partial charge in [-0.3, -0.25) is 9.59 Å². The fourth-order valence-electron chi connectivity index (χ4n) is 3.04. The van der Waals surface area contributed by atoms with Gasteiger partial charge in [0.2, 0.25) is 5.91 Å². The predicted molar refractivity (Wildman–Crippen MR) is 85.4 cm³/mol. The number of ether oxygens (including phenoxy) is 1. The van der Waals surface area contributed by atoms with E-state index in [0.29, 0.717) is 13.0 Å². The Bertz CT molecular complexity index is 646. The highest BCUT2D eigenvalue weighted by Crippen LogP contribution is 2.26. The Hall–Kier alpha value is -2.57. The molecule has 128 valence electrons. The molecule has 3 amide bonds. The molecule has 7 nitrogen and oxygen atoms in total. The Kier molecular flexibility index (Phi) is 4.42. The number of amides is 3. The zero-order valence-corrected chi connectivity index (χ0v) is 13.8. The number of piperazine rings is 1. The minimum Gasteiger partial charge on any atom is -0.443 e. The van der Waals surface area contributed by atoms with E-state index in [-0.39, 0.29) is 24.3 Å². The van der Waals surface area contributed by atoms with E-state index in [1.807, 2.05) is 44.2 Å². The van der Waals surface area contributed by atoms with Crippen molar-refractivity contribution in [2.45, 2.75) is 39.0 Å². The van der Waals surface area contributed by atoms with Crippen molar-refractivity contribution in [2.75, 3.05) is 6.54 Å². The van der Waals surface area contributed by atoms with Crippen molar-refractivity contribution in [3.63, 3.8) is 0 Å². The Labute approximate surface area is 140 Å². The van der Waals surface area contributed by atoms with E-state index in [2.05, 4.69) is 5.32 Å². The summed E-state index contributed by atoms with van der Waals surface area (Å²) < 4.78 is 5.30. The number of carbonyl (C=O) groups is 3. The smallest absolute Gasteiger partial charge is 0.429 e. The van der Waals surface area contributed by atoms with E-state index in [0.717, 1.165) is 5.56 Å². The van der Waals surface area contributed by atoms with Gasteiger partial charge in [-0.1, -0.05) is 44.2 Å². The molecule has 2 atom stereocenters. The van der Waals surface area contributed by atoms with Crippen LogP contribution < -0.4 is 5.32 Å². The molecule has 24 heavy (non-hydrogen) atoms. The number of nitrogens with one attached hydrogen (secondary N) is 1. The molecule has 0 bridgehead atoms. The Morgan fingerprint density at radius 2 is 2.00 bits per heavy atom. The maximum absolute atomic E-state index is 12.6. The quantitative estimate of drug-likeness (QED) is 0.905. The summed E-state index contributed by atoms with van der Waals surface area (Å²) >= 11 is 0. The van der Waals surface area contributed by atoms with Crippen molar-refractivity contribution < 1.29 is 19.1 Å². The van der Waals surface area contributed by atoms with Gasteiger partial charge in [0.1, 0.15) is 18.7 Å². The lowest BCUT2D eigenvalue weighted by atomic mass is 9.99. The number of nitrogens with zero attached hydrogens (tertiary/aromatic N) is 2. The number of hydrazine groups is 1. The second kappa shape index (κ2) is 6.51. The van der Waals surface area contributed by atoms with E-state index < -0.39 is 18.2 Å². The average molecular weight is 331 g/mol. The van der Waals surface area contributed by atoms with Crippen LogP contribution >= 0.6 is 0 Å². The van der Waals surface area contributed by atoms with E-state index in [1.54, 1.807) is 0 Å². The van der Waals surface area contributed by atoms with Crippen LogP contribution in [0.2, 0.25) is 0 Å². The minimum absolute atomic E-state index is 0.0508. The molecular formula is C17H21N3O4. The molecule has 1 N–H and O–H groups in total. The number of fused-ring (bicyclic) bond motifs is 1. The molecule has 0 unspecified atom stereocenters. The highest BCUT2D eigenvalue weighted by Gasteiger charge is 2.49. The normalized spacial score (nSPS) is 23.3. The molecule has 2 aliphatic heterocycles. The molecule has 2 saturated heterocycles. The van der Waals surface area contributed by atoms with Gasteiger partial charge in [-0.2, -0.15) is 0 Å². The maximum Gasteiger partial charge on any atom is 0.429 e. The van der Waals surface area contributed by atoms with Crippen LogP contribution in [0.15, 0.2) is 30.3 Å². The lowest BCUT2D eigenvalue weighted by Crippen LogP contribution is -2.66. The summed E-state index contributed by atoms with van der Waals surface area (Å²) in [6, 6.07) is 8.07. The van der Waals surface area contributed by atoms with Gasteiger partial charge in [0.25, 0.3) is 5.91 Å². The molecule has 2 heterocycles. The van der Waals surface area contributed by atoms with Crippen LogP contribution in [-0.4, -0.2) is 46.6 Å². The summed E-state index contributed by atoms with van der Waals surface area (Å²) in [6.07, 6.45) is -0.185. The van der Waals surface area contributed by atoms with Crippen molar-refractivity contribution in [1.29, 1.82) is 0 Å². The molecule has 0 aliphatic carbocycles. The fraction of sp³-hybridized carbons (Fsp3) is 0.471.